The quantitative estimate of drug-likeness (QED) is 0.449. The molecule has 0 spiro atoms. The number of nitrogens with two attached hydrogens (primary N) is 2. The van der Waals surface area contributed by atoms with Crippen LogP contribution in [0, 0.1) is 5.41 Å². The van der Waals surface area contributed by atoms with Crippen LogP contribution in [0.1, 0.15) is 45.7 Å². The minimum Gasteiger partial charge on any atom is -0.373 e. The first kappa shape index (κ1) is 24.1. The lowest BCUT2D eigenvalue weighted by molar-refractivity contribution is -0.129. The summed E-state index contributed by atoms with van der Waals surface area (Å²) >= 11 is 0. The Bertz CT molecular complexity index is 642. The predicted octanol–water partition coefficient (Wildman–Crippen LogP) is 1.09. The van der Waals surface area contributed by atoms with E-state index in [4.69, 9.17) is 16.2 Å². The zero-order valence-corrected chi connectivity index (χ0v) is 17.8. The molecule has 1 rings (SSSR count). The summed E-state index contributed by atoms with van der Waals surface area (Å²) in [5.41, 5.74) is 12.5. The van der Waals surface area contributed by atoms with Crippen LogP contribution in [0.15, 0.2) is 24.3 Å². The summed E-state index contributed by atoms with van der Waals surface area (Å²) in [5.74, 6) is -0.454. The van der Waals surface area contributed by atoms with Crippen LogP contribution < -0.4 is 22.1 Å². The number of hydrogen-bond acceptors (Lipinski definition) is 5. The summed E-state index contributed by atoms with van der Waals surface area (Å²) in [5, 5.41) is 5.56. The van der Waals surface area contributed by atoms with E-state index in [-0.39, 0.29) is 23.7 Å². The van der Waals surface area contributed by atoms with Crippen molar-refractivity contribution < 1.29 is 14.3 Å². The highest BCUT2D eigenvalue weighted by Gasteiger charge is 2.25. The van der Waals surface area contributed by atoms with Crippen molar-refractivity contribution in [1.29, 1.82) is 0 Å². The summed E-state index contributed by atoms with van der Waals surface area (Å²) < 4.78 is 5.90. The standard InChI is InChI=1S/C21H36N4O3/c1-15(25-18(26)10-16-6-8-17(11-22)9-7-16)19(27)24-13-21(4,5)28-14-20(2,3)12-23/h6-9,15H,10-14,22-23H2,1-5H3,(H,24,27)(H,25,26)/t15-/m0/s1. The molecular weight excluding hydrogens is 356 g/mol. The molecule has 0 bridgehead atoms. The molecule has 7 nitrogen and oxygen atoms in total. The van der Waals surface area contributed by atoms with Gasteiger partial charge in [0.15, 0.2) is 0 Å². The Balaban J connectivity index is 2.43. The first-order valence-electron chi connectivity index (χ1n) is 9.67. The number of rotatable bonds is 11. The number of carbonyl (C=O) groups excluding carboxylic acids is 2. The molecule has 0 heterocycles. The highest BCUT2D eigenvalue weighted by atomic mass is 16.5. The van der Waals surface area contributed by atoms with Gasteiger partial charge in [-0.3, -0.25) is 9.59 Å². The summed E-state index contributed by atoms with van der Waals surface area (Å²) in [4.78, 5) is 24.5. The van der Waals surface area contributed by atoms with E-state index >= 15 is 0 Å². The van der Waals surface area contributed by atoms with Gasteiger partial charge in [0.05, 0.1) is 18.6 Å². The maximum Gasteiger partial charge on any atom is 0.242 e. The average Bonchev–Trinajstić information content (AvgIpc) is 2.65. The molecule has 0 saturated heterocycles. The molecule has 0 aliphatic rings. The molecule has 28 heavy (non-hydrogen) atoms. The van der Waals surface area contributed by atoms with Crippen LogP contribution in [0.25, 0.3) is 0 Å². The Morgan fingerprint density at radius 1 is 1.07 bits per heavy atom. The Kier molecular flexibility index (Phi) is 9.07. The number of carbonyl (C=O) groups is 2. The molecule has 1 aromatic rings. The highest BCUT2D eigenvalue weighted by Crippen LogP contribution is 2.18. The fourth-order valence-corrected chi connectivity index (χ4v) is 2.29. The molecule has 0 aliphatic carbocycles. The van der Waals surface area contributed by atoms with E-state index in [1.807, 2.05) is 52.0 Å². The van der Waals surface area contributed by atoms with Crippen LogP contribution in [0.2, 0.25) is 0 Å². The summed E-state index contributed by atoms with van der Waals surface area (Å²) in [6.07, 6.45) is 0.214. The highest BCUT2D eigenvalue weighted by molar-refractivity contribution is 5.88. The normalized spacial score (nSPS) is 13.1. The molecule has 0 fully saturated rings. The molecule has 2 amide bonds. The third-order valence-electron chi connectivity index (χ3n) is 4.49. The van der Waals surface area contributed by atoms with Gasteiger partial charge >= 0.3 is 0 Å². The second-order valence-electron chi connectivity index (χ2n) is 8.62. The van der Waals surface area contributed by atoms with Gasteiger partial charge in [0, 0.05) is 18.5 Å². The van der Waals surface area contributed by atoms with Crippen LogP contribution in [-0.4, -0.2) is 43.2 Å². The lowest BCUT2D eigenvalue weighted by Crippen LogP contribution is -2.49. The SMILES string of the molecule is C[C@H](NC(=O)Cc1ccc(CN)cc1)C(=O)NCC(C)(C)OCC(C)(C)CN. The third kappa shape index (κ3) is 8.82. The number of amides is 2. The van der Waals surface area contributed by atoms with Gasteiger partial charge in [-0.15, -0.1) is 0 Å². The first-order chi connectivity index (χ1) is 13.0. The fourth-order valence-electron chi connectivity index (χ4n) is 2.29. The van der Waals surface area contributed by atoms with Crippen molar-refractivity contribution in [2.24, 2.45) is 16.9 Å². The van der Waals surface area contributed by atoms with E-state index in [1.165, 1.54) is 0 Å². The van der Waals surface area contributed by atoms with Gasteiger partial charge in [0.2, 0.25) is 11.8 Å². The maximum atomic E-state index is 12.3. The van der Waals surface area contributed by atoms with Crippen molar-refractivity contribution in [2.75, 3.05) is 19.7 Å². The van der Waals surface area contributed by atoms with E-state index in [0.717, 1.165) is 11.1 Å². The number of hydrogen-bond donors (Lipinski definition) is 4. The van der Waals surface area contributed by atoms with Crippen molar-refractivity contribution in [3.63, 3.8) is 0 Å². The van der Waals surface area contributed by atoms with Gasteiger partial charge in [-0.1, -0.05) is 38.1 Å². The molecule has 0 aliphatic heterocycles. The summed E-state index contributed by atoms with van der Waals surface area (Å²) in [6, 6.07) is 6.90. The van der Waals surface area contributed by atoms with Crippen molar-refractivity contribution >= 4 is 11.8 Å². The molecule has 6 N–H and O–H groups in total. The lowest BCUT2D eigenvalue weighted by atomic mass is 9.95. The van der Waals surface area contributed by atoms with Gasteiger partial charge in [0.1, 0.15) is 6.04 Å². The molecule has 7 heteroatoms. The van der Waals surface area contributed by atoms with Gasteiger partial charge in [-0.2, -0.15) is 0 Å². The molecule has 1 aromatic carbocycles. The second-order valence-corrected chi connectivity index (χ2v) is 8.62. The van der Waals surface area contributed by atoms with E-state index in [1.54, 1.807) is 6.92 Å². The van der Waals surface area contributed by atoms with Crippen molar-refractivity contribution in [1.82, 2.24) is 10.6 Å². The second kappa shape index (κ2) is 10.5. The molecule has 0 saturated carbocycles. The number of benzene rings is 1. The molecule has 158 valence electrons. The van der Waals surface area contributed by atoms with Crippen molar-refractivity contribution in [3.05, 3.63) is 35.4 Å². The van der Waals surface area contributed by atoms with Gasteiger partial charge in [-0.25, -0.2) is 0 Å². The van der Waals surface area contributed by atoms with Gasteiger partial charge < -0.3 is 26.8 Å². The van der Waals surface area contributed by atoms with Crippen LogP contribution in [0.4, 0.5) is 0 Å². The van der Waals surface area contributed by atoms with Crippen molar-refractivity contribution in [3.8, 4) is 0 Å². The molecular formula is C21H36N4O3. The first-order valence-corrected chi connectivity index (χ1v) is 9.67. The molecule has 0 unspecified atom stereocenters. The van der Waals surface area contributed by atoms with Crippen LogP contribution in [0.5, 0.6) is 0 Å². The van der Waals surface area contributed by atoms with Crippen LogP contribution in [-0.2, 0) is 27.3 Å². The minimum atomic E-state index is -0.632. The molecule has 0 aromatic heterocycles. The predicted molar refractivity (Wildman–Crippen MR) is 112 cm³/mol. The topological polar surface area (TPSA) is 119 Å². The Morgan fingerprint density at radius 3 is 2.18 bits per heavy atom. The van der Waals surface area contributed by atoms with Crippen LogP contribution >= 0.6 is 0 Å². The third-order valence-corrected chi connectivity index (χ3v) is 4.49. The van der Waals surface area contributed by atoms with Crippen molar-refractivity contribution in [2.45, 2.75) is 59.2 Å². The summed E-state index contributed by atoms with van der Waals surface area (Å²) in [6.45, 7) is 11.4. The van der Waals surface area contributed by atoms with E-state index < -0.39 is 11.6 Å². The van der Waals surface area contributed by atoms with Crippen LogP contribution in [0.3, 0.4) is 0 Å². The largest absolute Gasteiger partial charge is 0.373 e. The van der Waals surface area contributed by atoms with E-state index in [0.29, 0.717) is 26.2 Å². The number of nitrogens with one attached hydrogen (secondary N) is 2. The summed E-state index contributed by atoms with van der Waals surface area (Å²) in [7, 11) is 0. The fraction of sp³-hybridized carbons (Fsp3) is 0.619. The molecule has 0 radical (unpaired) electrons. The zero-order chi connectivity index (χ0) is 21.4. The molecule has 1 atom stereocenters. The van der Waals surface area contributed by atoms with E-state index in [2.05, 4.69) is 10.6 Å². The smallest absolute Gasteiger partial charge is 0.242 e. The minimum absolute atomic E-state index is 0.120. The lowest BCUT2D eigenvalue weighted by Gasteiger charge is -2.31. The van der Waals surface area contributed by atoms with Gasteiger partial charge in [-0.05, 0) is 38.4 Å². The average molecular weight is 393 g/mol. The Hall–Kier alpha value is -1.96. The Morgan fingerprint density at radius 2 is 1.64 bits per heavy atom. The Labute approximate surface area is 168 Å². The number of ether oxygens (including phenoxy) is 1. The van der Waals surface area contributed by atoms with Gasteiger partial charge in [0.25, 0.3) is 0 Å². The monoisotopic (exact) mass is 392 g/mol. The maximum absolute atomic E-state index is 12.3. The van der Waals surface area contributed by atoms with E-state index in [9.17, 15) is 9.59 Å². The zero-order valence-electron chi connectivity index (χ0n) is 17.8.